The first-order valence-corrected chi connectivity index (χ1v) is 48.0. The van der Waals surface area contributed by atoms with E-state index in [1.165, 1.54) is 43.3 Å². The summed E-state index contributed by atoms with van der Waals surface area (Å²) in [6.07, 6.45) is 0. The third-order valence-corrected chi connectivity index (χ3v) is 28.7. The van der Waals surface area contributed by atoms with Gasteiger partial charge in [-0.1, -0.05) is 527 Å². The average Bonchev–Trinajstić information content (AvgIpc) is 0.678. The fraction of sp³-hybridized carbons (Fsp3) is 0. The second-order valence-electron chi connectivity index (χ2n) is 36.7. The van der Waals surface area contributed by atoms with Gasteiger partial charge in [0, 0.05) is 0 Å². The largest absolute Gasteiger partial charge is 0.0636 e. The van der Waals surface area contributed by atoms with Crippen molar-refractivity contribution in [1.29, 1.82) is 0 Å². The second-order valence-corrected chi connectivity index (χ2v) is 36.7. The van der Waals surface area contributed by atoms with E-state index in [0.717, 1.165) is 65.9 Å². The van der Waals surface area contributed by atoms with E-state index in [9.17, 15) is 24.7 Å². The summed E-state index contributed by atoms with van der Waals surface area (Å²) < 4.78 is 478. The van der Waals surface area contributed by atoms with Gasteiger partial charge in [0.1, 0.15) is 0 Å². The van der Waals surface area contributed by atoms with Gasteiger partial charge in [0.25, 0.3) is 0 Å². The molecule has 0 aliphatic heterocycles. The summed E-state index contributed by atoms with van der Waals surface area (Å²) in [6, 6.07) is 37.7. The molecule has 150 heavy (non-hydrogen) atoms. The molecule has 0 aliphatic rings. The second kappa shape index (κ2) is 34.1. The Morgan fingerprint density at radius 1 is 0.100 bits per heavy atom. The number of hydrogen-bond acceptors (Lipinski definition) is 0. The monoisotopic (exact) mass is 1940 g/mol. The van der Waals surface area contributed by atoms with Gasteiger partial charge >= 0.3 is 0 Å². The molecule has 33 aromatic carbocycles. The van der Waals surface area contributed by atoms with Crippen LogP contribution in [0, 0.1) is 0 Å². The van der Waals surface area contributed by atoms with E-state index in [4.69, 9.17) is 48.0 Å². The van der Waals surface area contributed by atoms with Crippen LogP contribution in [0.2, 0.25) is 0 Å². The Hall–Kier alpha value is -19.5. The number of benzene rings is 33. The molecule has 0 atom stereocenters. The van der Waals surface area contributed by atoms with Gasteiger partial charge in [-0.25, -0.2) is 0 Å². The summed E-state index contributed by atoms with van der Waals surface area (Å²) in [6.45, 7) is 0. The standard InChI is InChI=1S/3C50H30/c1-2-6-32(7-3-1)42-26-24-40(30-46(42)43-27-21-39-19-17-35-9-5-11-37-23-29-45(43)50(39)48(35)37)31-12-14-33(15-13-31)41-25-20-38-18-16-34-8-4-10-36-22-28-44(41)49(38)47(34)36;2*1-2-6-31(7-3-1)42-27-24-40(43-26-21-39-19-17-35-9-5-11-37-23-29-45(43)50(39)48(35)37)30-46(42)33-14-12-32(13-15-33)41-25-20-38-18-16-34-8-4-10-36-22-28-44(41)49(38)47(34)36/h3*1-30H/i1D,2D,3D,6D,7D;1D,2D,3D,4D,5D,6D,7D,8D,9D,10D,11D,12D,13D,14D,15D,16D,17D,18D,19D,20D,21D,22D,23D,24D,25D,26D,27D,28D,29D,30D;4D,5D,8D,9D,10D,11D,16D,17D,18D,19D,20D,21D,22D,23D,25D,26D,28D,29D. The molecule has 0 saturated carbocycles. The van der Waals surface area contributed by atoms with E-state index >= 15 is 0 Å². The molecule has 0 saturated heterocycles. The lowest BCUT2D eigenvalue weighted by molar-refractivity contribution is 1.57. The van der Waals surface area contributed by atoms with E-state index in [-0.39, 0.29) is 134 Å². The Bertz CT molecular complexity index is 14600. The van der Waals surface area contributed by atoms with Crippen LogP contribution in [0.25, 0.3) is 327 Å². The zero-order valence-electron chi connectivity index (χ0n) is 131. The SMILES string of the molecule is [2H]c1c([2H])c([2H])c(-c2c([2H])c([2H])c(-c3c([2H])c([2H])c4c([2H])c([2H])c5c([2H])c([2H])c([2H])c6c([2H])c([2H])c3c4c56)c([2H])c2-c2c([2H])c([2H])c(-c3c([2H])c([2H])c4c([2H])c([2H])c5c([2H])c([2H])c([2H])c6c([2H])c([2H])c3c4c56)c([2H])c2[2H])c([2H])c1[2H].[2H]c1c([2H])c([2H])c(-c2ccc(-c3ccc(-c4ccc5ccc6cccc7ccc4c5c67)cc3)cc2-c2ccc3ccc4cccc5ccc2c3c45)c([2H])c1[2H].[2H]c1c([2H])c2c([2H])c([2H])c3c([2H])c([2H])c(-c4ccc(-c5cc(-c6c([2H])c([2H])c7c([2H])c([2H])c8c([2H])c([2H])c([2H])c9c([2H])c([2H])c6c7c89)ccc5-c5ccccc5)cc4)c4c([2H])c([2H])c(c1[2H])c2c34. The molecule has 0 spiro atoms. The van der Waals surface area contributed by atoms with Gasteiger partial charge in [0.15, 0.2) is 0 Å². The molecule has 33 aromatic rings. The van der Waals surface area contributed by atoms with Gasteiger partial charge in [-0.15, -0.1) is 0 Å². The summed E-state index contributed by atoms with van der Waals surface area (Å²) in [5, 5.41) is 8.54. The highest BCUT2D eigenvalue weighted by atomic mass is 14.3. The van der Waals surface area contributed by atoms with Crippen molar-refractivity contribution in [1.82, 2.24) is 0 Å². The molecular weight excluding hydrogens is 1800 g/mol. The van der Waals surface area contributed by atoms with Crippen molar-refractivity contribution in [3.8, 4) is 134 Å². The predicted molar refractivity (Wildman–Crippen MR) is 647 cm³/mol. The number of hydrogen-bond donors (Lipinski definition) is 0. The van der Waals surface area contributed by atoms with Crippen LogP contribution in [0.3, 0.4) is 0 Å². The first-order valence-electron chi connectivity index (χ1n) is 74.5. The van der Waals surface area contributed by atoms with Gasteiger partial charge < -0.3 is 0 Å². The van der Waals surface area contributed by atoms with Gasteiger partial charge in [-0.2, -0.15) is 0 Å². The number of rotatable bonds is 12. The van der Waals surface area contributed by atoms with Crippen molar-refractivity contribution < 1.29 is 72.7 Å². The summed E-state index contributed by atoms with van der Waals surface area (Å²) in [5.74, 6) is 0. The van der Waals surface area contributed by atoms with E-state index in [0.29, 0.717) is 27.8 Å². The summed E-state index contributed by atoms with van der Waals surface area (Å²) in [4.78, 5) is 0. The van der Waals surface area contributed by atoms with Crippen molar-refractivity contribution >= 4 is 194 Å². The topological polar surface area (TPSA) is 0 Å². The molecule has 0 radical (unpaired) electrons. The minimum Gasteiger partial charge on any atom is -0.0622 e. The van der Waals surface area contributed by atoms with Gasteiger partial charge in [-0.05, 0) is 346 Å². The molecule has 0 heteroatoms. The molecule has 33 rings (SSSR count). The van der Waals surface area contributed by atoms with Crippen molar-refractivity contribution in [2.45, 2.75) is 0 Å². The zero-order chi connectivity index (χ0) is 144. The average molecular weight is 1950 g/mol. The molecule has 0 bridgehead atoms. The molecule has 0 aromatic heterocycles. The highest BCUT2D eigenvalue weighted by Gasteiger charge is 2.25. The molecule has 0 amide bonds. The van der Waals surface area contributed by atoms with E-state index in [1.807, 2.05) is 48.5 Å². The lowest BCUT2D eigenvalue weighted by atomic mass is 9.86. The lowest BCUT2D eigenvalue weighted by Crippen LogP contribution is -1.91. The zero-order valence-corrected chi connectivity index (χ0v) is 77.9. The van der Waals surface area contributed by atoms with Crippen LogP contribution >= 0.6 is 0 Å². The van der Waals surface area contributed by atoms with Crippen molar-refractivity contribution in [3.05, 3.63) is 545 Å². The molecule has 0 fully saturated rings. The van der Waals surface area contributed by atoms with Crippen molar-refractivity contribution in [3.63, 3.8) is 0 Å². The highest BCUT2D eigenvalue weighted by Crippen LogP contribution is 2.52. The van der Waals surface area contributed by atoms with Crippen LogP contribution in [0.1, 0.15) is 72.7 Å². The third-order valence-electron chi connectivity index (χ3n) is 28.7. The van der Waals surface area contributed by atoms with Gasteiger partial charge in [0.2, 0.25) is 0 Å². The summed E-state index contributed by atoms with van der Waals surface area (Å²) in [7, 11) is 0. The predicted octanol–water partition coefficient (Wildman–Crippen LogP) is 42.4. The maximum Gasteiger partial charge on any atom is 0.0636 e. The fourth-order valence-electron chi connectivity index (χ4n) is 21.9. The fourth-order valence-corrected chi connectivity index (χ4v) is 21.9. The Labute approximate surface area is 941 Å². The Morgan fingerprint density at radius 3 is 0.813 bits per heavy atom. The van der Waals surface area contributed by atoms with Crippen molar-refractivity contribution in [2.24, 2.45) is 0 Å². The first-order chi connectivity index (χ1) is 96.5. The molecule has 0 heterocycles. The highest BCUT2D eigenvalue weighted by molar-refractivity contribution is 6.32. The van der Waals surface area contributed by atoms with E-state index in [1.54, 1.807) is 36.4 Å². The van der Waals surface area contributed by atoms with Crippen LogP contribution in [0.5, 0.6) is 0 Å². The van der Waals surface area contributed by atoms with E-state index in [2.05, 4.69) is 140 Å². The van der Waals surface area contributed by atoms with Crippen LogP contribution in [-0.4, -0.2) is 0 Å². The molecule has 0 unspecified atom stereocenters. The minimum absolute atomic E-state index is 0.0211. The van der Waals surface area contributed by atoms with Crippen molar-refractivity contribution in [2.75, 3.05) is 0 Å². The normalized spacial score (nSPS) is 16.9. The Morgan fingerprint density at radius 2 is 0.367 bits per heavy atom. The summed E-state index contributed by atoms with van der Waals surface area (Å²) in [5.41, 5.74) is 3.33. The maximum absolute atomic E-state index is 10.1. The first kappa shape index (κ1) is 48.0. The lowest BCUT2D eigenvalue weighted by Gasteiger charge is -2.18. The summed E-state index contributed by atoms with van der Waals surface area (Å²) >= 11 is 0. The van der Waals surface area contributed by atoms with Crippen LogP contribution in [0.4, 0.5) is 0 Å². The van der Waals surface area contributed by atoms with Crippen LogP contribution in [0.15, 0.2) is 545 Å². The van der Waals surface area contributed by atoms with Crippen LogP contribution < -0.4 is 0 Å². The minimum atomic E-state index is -1.19. The quantitative estimate of drug-likeness (QED) is 0.107. The molecule has 0 N–H and O–H groups in total. The Kier molecular flexibility index (Phi) is 10.9. The smallest absolute Gasteiger partial charge is 0.0622 e. The van der Waals surface area contributed by atoms with Crippen LogP contribution in [-0.2, 0) is 0 Å². The Balaban J connectivity index is 0.000000127. The molecular formula is C150H90. The van der Waals surface area contributed by atoms with Gasteiger partial charge in [-0.3, -0.25) is 0 Å². The third kappa shape index (κ3) is 13.6. The molecule has 0 nitrogen and oxygen atoms in total. The van der Waals surface area contributed by atoms with E-state index < -0.39 is 377 Å². The van der Waals surface area contributed by atoms with Gasteiger partial charge in [0.05, 0.1) is 72.7 Å². The maximum atomic E-state index is 10.1. The molecule has 690 valence electrons. The molecule has 0 aliphatic carbocycles.